The van der Waals surface area contributed by atoms with Crippen LogP contribution in [0.5, 0.6) is 0 Å². The number of fused-ring (bicyclic) bond motifs is 1. The smallest absolute Gasteiger partial charge is 0.263 e. The predicted molar refractivity (Wildman–Crippen MR) is 112 cm³/mol. The number of aromatic nitrogens is 1. The fourth-order valence-electron chi connectivity index (χ4n) is 4.27. The van der Waals surface area contributed by atoms with E-state index in [1.165, 1.54) is 34.7 Å². The zero-order valence-corrected chi connectivity index (χ0v) is 17.4. The Morgan fingerprint density at radius 1 is 1.15 bits per heavy atom. The molecule has 1 aliphatic carbocycles. The van der Waals surface area contributed by atoms with Gasteiger partial charge in [0.2, 0.25) is 0 Å². The van der Waals surface area contributed by atoms with Crippen molar-refractivity contribution in [1.29, 1.82) is 0 Å². The van der Waals surface area contributed by atoms with Gasteiger partial charge in [-0.2, -0.15) is 0 Å². The summed E-state index contributed by atoms with van der Waals surface area (Å²) in [5, 5.41) is 0. The van der Waals surface area contributed by atoms with Crippen LogP contribution in [0.15, 0.2) is 18.2 Å². The molecule has 0 saturated carbocycles. The van der Waals surface area contributed by atoms with Crippen molar-refractivity contribution >= 4 is 22.9 Å². The summed E-state index contributed by atoms with van der Waals surface area (Å²) >= 11 is 1.73. The molecule has 0 unspecified atom stereocenters. The highest BCUT2D eigenvalue weighted by Gasteiger charge is 2.27. The first-order valence-electron chi connectivity index (χ1n) is 10.1. The molecule has 3 heterocycles. The average molecular weight is 384 g/mol. The second-order valence-electron chi connectivity index (χ2n) is 8.12. The van der Waals surface area contributed by atoms with Crippen molar-refractivity contribution in [3.05, 3.63) is 44.9 Å². The Morgan fingerprint density at radius 2 is 1.89 bits per heavy atom. The second kappa shape index (κ2) is 7.63. The quantitative estimate of drug-likeness (QED) is 0.787. The zero-order chi connectivity index (χ0) is 19.0. The van der Waals surface area contributed by atoms with Crippen LogP contribution in [0.3, 0.4) is 0 Å². The third kappa shape index (κ3) is 3.88. The Morgan fingerprint density at radius 3 is 2.59 bits per heavy atom. The van der Waals surface area contributed by atoms with Crippen LogP contribution in [-0.2, 0) is 12.8 Å². The minimum atomic E-state index is 0.235. The van der Waals surface area contributed by atoms with Crippen LogP contribution in [0.1, 0.15) is 63.1 Å². The van der Waals surface area contributed by atoms with E-state index in [9.17, 15) is 4.79 Å². The molecule has 0 bridgehead atoms. The number of pyridine rings is 1. The van der Waals surface area contributed by atoms with Gasteiger partial charge in [-0.3, -0.25) is 9.78 Å². The molecular weight excluding hydrogens is 354 g/mol. The van der Waals surface area contributed by atoms with Crippen LogP contribution in [0, 0.1) is 6.92 Å². The summed E-state index contributed by atoms with van der Waals surface area (Å²) < 4.78 is 0. The van der Waals surface area contributed by atoms with Gasteiger partial charge in [-0.15, -0.1) is 11.3 Å². The number of aryl methyl sites for hydroxylation is 3. The van der Waals surface area contributed by atoms with Gasteiger partial charge >= 0.3 is 0 Å². The lowest BCUT2D eigenvalue weighted by molar-refractivity contribution is 0.0717. The fourth-order valence-corrected chi connectivity index (χ4v) is 5.49. The number of piperidine rings is 1. The number of hydrogen-bond acceptors (Lipinski definition) is 4. The maximum absolute atomic E-state index is 13.0. The third-order valence-corrected chi connectivity index (χ3v) is 7.11. The Bertz CT molecular complexity index is 811. The van der Waals surface area contributed by atoms with E-state index in [2.05, 4.69) is 49.0 Å². The average Bonchev–Trinajstić information content (AvgIpc) is 3.11. The summed E-state index contributed by atoms with van der Waals surface area (Å²) in [6.07, 6.45) is 6.84. The molecule has 2 aromatic heterocycles. The highest BCUT2D eigenvalue weighted by atomic mass is 32.1. The van der Waals surface area contributed by atoms with Crippen molar-refractivity contribution in [2.75, 3.05) is 32.1 Å². The highest BCUT2D eigenvalue weighted by Crippen LogP contribution is 2.33. The van der Waals surface area contributed by atoms with E-state index in [0.717, 1.165) is 49.3 Å². The summed E-state index contributed by atoms with van der Waals surface area (Å²) in [5.41, 5.74) is 4.88. The highest BCUT2D eigenvalue weighted by molar-refractivity contribution is 7.14. The van der Waals surface area contributed by atoms with Crippen LogP contribution in [0.25, 0.3) is 0 Å². The molecule has 2 aromatic rings. The molecule has 1 fully saturated rings. The van der Waals surface area contributed by atoms with Crippen LogP contribution in [0.4, 0.5) is 5.69 Å². The van der Waals surface area contributed by atoms with E-state index in [0.29, 0.717) is 5.92 Å². The molecule has 4 nitrogen and oxygen atoms in total. The molecule has 1 amide bonds. The van der Waals surface area contributed by atoms with Gasteiger partial charge in [-0.25, -0.2) is 0 Å². The van der Waals surface area contributed by atoms with Crippen LogP contribution in [0.2, 0.25) is 0 Å². The van der Waals surface area contributed by atoms with Crippen molar-refractivity contribution in [2.45, 2.75) is 51.4 Å². The first-order chi connectivity index (χ1) is 13.0. The van der Waals surface area contributed by atoms with Crippen molar-refractivity contribution in [1.82, 2.24) is 9.88 Å². The maximum atomic E-state index is 13.0. The Hall–Kier alpha value is -1.88. The minimum Gasteiger partial charge on any atom is -0.378 e. The molecule has 2 aliphatic rings. The van der Waals surface area contributed by atoms with Crippen molar-refractivity contribution < 1.29 is 4.79 Å². The third-order valence-electron chi connectivity index (χ3n) is 5.88. The SMILES string of the molecule is Cc1cc(N(C)C)cc(C2CCN(C(=O)c3cc4c(s3)CCCC4)CC2)n1. The molecule has 0 atom stereocenters. The number of amides is 1. The number of carbonyl (C=O) groups is 1. The maximum Gasteiger partial charge on any atom is 0.263 e. The molecule has 1 aliphatic heterocycles. The lowest BCUT2D eigenvalue weighted by atomic mass is 9.92. The van der Waals surface area contributed by atoms with Gasteiger partial charge in [0.15, 0.2) is 0 Å². The first kappa shape index (κ1) is 18.5. The summed E-state index contributed by atoms with van der Waals surface area (Å²) in [7, 11) is 4.14. The molecule has 0 aromatic carbocycles. The van der Waals surface area contributed by atoms with Gasteiger partial charge < -0.3 is 9.80 Å². The minimum absolute atomic E-state index is 0.235. The van der Waals surface area contributed by atoms with Gasteiger partial charge in [-0.1, -0.05) is 0 Å². The number of hydrogen-bond donors (Lipinski definition) is 0. The van der Waals surface area contributed by atoms with E-state index in [-0.39, 0.29) is 5.91 Å². The summed E-state index contributed by atoms with van der Waals surface area (Å²) in [6, 6.07) is 6.50. The molecule has 27 heavy (non-hydrogen) atoms. The summed E-state index contributed by atoms with van der Waals surface area (Å²) in [6.45, 7) is 3.73. The molecule has 0 N–H and O–H groups in total. The first-order valence-corrected chi connectivity index (χ1v) is 10.9. The van der Waals surface area contributed by atoms with E-state index in [1.54, 1.807) is 11.3 Å². The Labute approximate surface area is 166 Å². The van der Waals surface area contributed by atoms with E-state index in [4.69, 9.17) is 4.98 Å². The molecule has 4 rings (SSSR count). The van der Waals surface area contributed by atoms with Gasteiger partial charge in [0.05, 0.1) is 4.88 Å². The molecule has 5 heteroatoms. The topological polar surface area (TPSA) is 36.4 Å². The van der Waals surface area contributed by atoms with Crippen LogP contribution >= 0.6 is 11.3 Å². The van der Waals surface area contributed by atoms with Gasteiger partial charge in [0.25, 0.3) is 5.91 Å². The summed E-state index contributed by atoms with van der Waals surface area (Å²) in [4.78, 5) is 24.3. The fraction of sp³-hybridized carbons (Fsp3) is 0.545. The molecule has 1 saturated heterocycles. The molecule has 0 radical (unpaired) electrons. The number of nitrogens with zero attached hydrogens (tertiary/aromatic N) is 3. The largest absolute Gasteiger partial charge is 0.378 e. The number of carbonyl (C=O) groups excluding carboxylic acids is 1. The Kier molecular flexibility index (Phi) is 5.22. The number of thiophene rings is 1. The van der Waals surface area contributed by atoms with E-state index >= 15 is 0 Å². The number of rotatable bonds is 3. The van der Waals surface area contributed by atoms with Crippen molar-refractivity contribution in [3.8, 4) is 0 Å². The number of likely N-dealkylation sites (tertiary alicyclic amines) is 1. The lowest BCUT2D eigenvalue weighted by Gasteiger charge is -2.32. The molecular formula is C22H29N3OS. The molecule has 0 spiro atoms. The lowest BCUT2D eigenvalue weighted by Crippen LogP contribution is -2.37. The Balaban J connectivity index is 1.43. The van der Waals surface area contributed by atoms with E-state index < -0.39 is 0 Å². The molecule has 144 valence electrons. The predicted octanol–water partition coefficient (Wildman–Crippen LogP) is 4.42. The van der Waals surface area contributed by atoms with E-state index in [1.807, 2.05) is 0 Å². The second-order valence-corrected chi connectivity index (χ2v) is 9.26. The zero-order valence-electron chi connectivity index (χ0n) is 16.6. The van der Waals surface area contributed by atoms with Crippen LogP contribution in [-0.4, -0.2) is 43.0 Å². The van der Waals surface area contributed by atoms with Gasteiger partial charge in [0.1, 0.15) is 0 Å². The van der Waals surface area contributed by atoms with Gasteiger partial charge in [0, 0.05) is 55.1 Å². The van der Waals surface area contributed by atoms with Crippen molar-refractivity contribution in [2.24, 2.45) is 0 Å². The normalized spacial score (nSPS) is 17.7. The standard InChI is InChI=1S/C22H29N3OS/c1-15-12-18(24(2)3)14-19(23-15)16-8-10-25(11-9-16)22(26)21-13-17-6-4-5-7-20(17)27-21/h12-14,16H,4-11H2,1-3H3. The summed E-state index contributed by atoms with van der Waals surface area (Å²) in [5.74, 6) is 0.684. The monoisotopic (exact) mass is 383 g/mol. The van der Waals surface area contributed by atoms with Crippen molar-refractivity contribution in [3.63, 3.8) is 0 Å². The number of anilines is 1. The van der Waals surface area contributed by atoms with Gasteiger partial charge in [-0.05, 0) is 69.2 Å². The van der Waals surface area contributed by atoms with Crippen LogP contribution < -0.4 is 4.90 Å².